The molecule has 0 aliphatic rings. The molecule has 0 saturated carbocycles. The Labute approximate surface area is 334 Å². The normalized spacial score (nSPS) is 17.0. The Morgan fingerprint density at radius 3 is 0.615 bits per heavy atom. The van der Waals surface area contributed by atoms with Crippen molar-refractivity contribution in [3.05, 3.63) is 0 Å². The number of carboxylic acids is 2. The predicted octanol–water partition coefficient (Wildman–Crippen LogP) is 13.1. The van der Waals surface area contributed by atoms with Gasteiger partial charge in [-0.15, -0.1) is 0 Å². The maximum absolute atomic E-state index is 14.2. The van der Waals surface area contributed by atoms with Crippen molar-refractivity contribution in [3.8, 4) is 0 Å². The maximum atomic E-state index is 14.2. The second kappa shape index (κ2) is 17.3. The van der Waals surface area contributed by atoms with Crippen LogP contribution in [0.2, 0.25) is 0 Å². The van der Waals surface area contributed by atoms with Gasteiger partial charge in [0, 0.05) is 12.8 Å². The third-order valence-corrected chi connectivity index (χ3v) is 8.99. The number of hydrogen-bond acceptors (Lipinski definition) is 2. The van der Waals surface area contributed by atoms with E-state index in [0.29, 0.717) is 0 Å². The Hall–Kier alpha value is -3.44. The molecule has 0 amide bonds. The molecule has 65 heavy (non-hydrogen) atoms. The molecule has 0 fully saturated rings. The lowest BCUT2D eigenvalue weighted by atomic mass is 9.85. The van der Waals surface area contributed by atoms with Crippen molar-refractivity contribution in [1.82, 2.24) is 0 Å². The van der Waals surface area contributed by atoms with Gasteiger partial charge in [0.15, 0.2) is 0 Å². The molecule has 388 valence electrons. The van der Waals surface area contributed by atoms with Crippen molar-refractivity contribution in [3.63, 3.8) is 0 Å². The minimum Gasteiger partial charge on any atom is -0.481 e. The quantitative estimate of drug-likeness (QED) is 0.0945. The van der Waals surface area contributed by atoms with Crippen LogP contribution in [0.1, 0.15) is 44.9 Å². The van der Waals surface area contributed by atoms with Crippen molar-refractivity contribution >= 4 is 11.9 Å². The number of carbonyl (C=O) groups is 2. The first-order valence-corrected chi connectivity index (χ1v) is 15.7. The number of alkyl halides is 34. The molecular weight excluding hydrogens is 1030 g/mol. The molecule has 0 aromatic rings. The number of halogens is 34. The van der Waals surface area contributed by atoms with Gasteiger partial charge in [0.25, 0.3) is 0 Å². The van der Waals surface area contributed by atoms with Crippen LogP contribution in [0.25, 0.3) is 0 Å². The van der Waals surface area contributed by atoms with Crippen LogP contribution >= 0.6 is 0 Å². The zero-order valence-electron chi connectivity index (χ0n) is 29.7. The highest BCUT2D eigenvalue weighted by molar-refractivity contribution is 5.70. The van der Waals surface area contributed by atoms with Crippen LogP contribution in [0.3, 0.4) is 0 Å². The molecule has 0 spiro atoms. The average Bonchev–Trinajstić information content (AvgIpc) is 3.08. The largest absolute Gasteiger partial charge is 0.481 e. The molecule has 0 aliphatic heterocycles. The standard InChI is InChI=1S/C27H18F34O4/c28-12(29,14(32,33)16(36,37)18(40,41)20(44,45)22(48,49)24(52,53)26(56,57)58)6-4-8(10(62)63)2-1-3-9(11(64)65)5-7-13(30,31)15(34,35)17(38,39)19(42,43)21(46,47)23(50,51)25(54,55)27(59,60)61/h8-9H,1-7H2,(H,62,63)(H,64,65). The van der Waals surface area contributed by atoms with Gasteiger partial charge in [0.2, 0.25) is 0 Å². The molecule has 38 heteroatoms. The van der Waals surface area contributed by atoms with Crippen molar-refractivity contribution in [2.75, 3.05) is 0 Å². The molecule has 4 nitrogen and oxygen atoms in total. The van der Waals surface area contributed by atoms with Crippen LogP contribution in [0.15, 0.2) is 0 Å². The first kappa shape index (κ1) is 61.6. The van der Waals surface area contributed by atoms with Crippen LogP contribution in [0.4, 0.5) is 149 Å². The summed E-state index contributed by atoms with van der Waals surface area (Å²) in [6, 6.07) is 0. The fourth-order valence-corrected chi connectivity index (χ4v) is 4.81. The molecule has 0 aliphatic carbocycles. The van der Waals surface area contributed by atoms with Crippen molar-refractivity contribution in [1.29, 1.82) is 0 Å². The third kappa shape index (κ3) is 9.41. The summed E-state index contributed by atoms with van der Waals surface area (Å²) in [6.45, 7) is 0. The second-order valence-electron chi connectivity index (χ2n) is 13.4. The van der Waals surface area contributed by atoms with Gasteiger partial charge in [-0.05, 0) is 25.7 Å². The molecule has 0 heterocycles. The molecule has 0 aromatic heterocycles. The third-order valence-electron chi connectivity index (χ3n) is 8.99. The lowest BCUT2D eigenvalue weighted by Crippen LogP contribution is -2.74. The SMILES string of the molecule is O=C(O)C(CCCC(CCC(F)(F)C(F)(F)C(F)(F)C(F)(F)C(F)(F)C(F)(F)C(F)(F)C(F)(F)F)C(=O)O)CCC(F)(F)C(F)(F)C(F)(F)C(F)(F)C(F)(F)C(F)(F)C(F)(F)C(F)(F)F. The average molecular weight is 1050 g/mol. The molecule has 2 unspecified atom stereocenters. The summed E-state index contributed by atoms with van der Waals surface area (Å²) >= 11 is 0. The molecule has 0 rings (SSSR count). The van der Waals surface area contributed by atoms with Gasteiger partial charge in [-0.2, -0.15) is 149 Å². The van der Waals surface area contributed by atoms with Crippen molar-refractivity contribution < 1.29 is 169 Å². The van der Waals surface area contributed by atoms with Gasteiger partial charge in [-0.1, -0.05) is 6.42 Å². The Morgan fingerprint density at radius 2 is 0.446 bits per heavy atom. The van der Waals surface area contributed by atoms with E-state index in [0.717, 1.165) is 0 Å². The summed E-state index contributed by atoms with van der Waals surface area (Å²) in [5.41, 5.74) is 0. The molecular formula is C27H18F34O4. The summed E-state index contributed by atoms with van der Waals surface area (Å²) in [6.07, 6.45) is -32.6. The van der Waals surface area contributed by atoms with Crippen LogP contribution in [-0.2, 0) is 9.59 Å². The van der Waals surface area contributed by atoms with Crippen LogP contribution in [0.5, 0.6) is 0 Å². The van der Waals surface area contributed by atoms with E-state index in [4.69, 9.17) is 10.2 Å². The van der Waals surface area contributed by atoms with Gasteiger partial charge in [0.05, 0.1) is 11.8 Å². The Morgan fingerprint density at radius 1 is 0.277 bits per heavy atom. The summed E-state index contributed by atoms with van der Waals surface area (Å²) in [5.74, 6) is -131. The maximum Gasteiger partial charge on any atom is 0.460 e. The van der Waals surface area contributed by atoms with Crippen LogP contribution in [-0.4, -0.2) is 117 Å². The van der Waals surface area contributed by atoms with Gasteiger partial charge >= 0.3 is 107 Å². The first-order valence-electron chi connectivity index (χ1n) is 15.7. The van der Waals surface area contributed by atoms with E-state index < -0.39 is 164 Å². The molecule has 2 atom stereocenters. The Kier molecular flexibility index (Phi) is 16.3. The van der Waals surface area contributed by atoms with Gasteiger partial charge in [-0.3, -0.25) is 9.59 Å². The minimum atomic E-state index is -9.04. The van der Waals surface area contributed by atoms with E-state index >= 15 is 0 Å². The summed E-state index contributed by atoms with van der Waals surface area (Å²) in [7, 11) is 0. The van der Waals surface area contributed by atoms with E-state index in [9.17, 15) is 159 Å². The lowest BCUT2D eigenvalue weighted by Gasteiger charge is -2.43. The van der Waals surface area contributed by atoms with Crippen LogP contribution in [0, 0.1) is 11.8 Å². The number of hydrogen-bond donors (Lipinski definition) is 2. The first-order chi connectivity index (χ1) is 27.8. The van der Waals surface area contributed by atoms with Crippen LogP contribution < -0.4 is 0 Å². The minimum absolute atomic E-state index is 1.50. The number of rotatable bonds is 24. The monoisotopic (exact) mass is 1050 g/mol. The molecule has 0 bridgehead atoms. The molecule has 0 saturated heterocycles. The fraction of sp³-hybridized carbons (Fsp3) is 0.926. The van der Waals surface area contributed by atoms with Crippen molar-refractivity contribution in [2.45, 2.75) is 140 Å². The van der Waals surface area contributed by atoms with E-state index in [2.05, 4.69) is 0 Å². The predicted molar refractivity (Wildman–Crippen MR) is 136 cm³/mol. The van der Waals surface area contributed by atoms with Gasteiger partial charge in [0.1, 0.15) is 0 Å². The summed E-state index contributed by atoms with van der Waals surface area (Å²) in [4.78, 5) is 22.7. The molecule has 2 N–H and O–H groups in total. The topological polar surface area (TPSA) is 74.6 Å². The zero-order valence-corrected chi connectivity index (χ0v) is 29.7. The Bertz CT molecular complexity index is 1550. The molecule has 0 radical (unpaired) electrons. The number of carboxylic acid groups (broad SMARTS) is 2. The highest BCUT2D eigenvalue weighted by atomic mass is 19.4. The molecule has 0 aromatic carbocycles. The summed E-state index contributed by atoms with van der Waals surface area (Å²) in [5, 5.41) is 18.1. The van der Waals surface area contributed by atoms with E-state index in [1.54, 1.807) is 0 Å². The highest BCUT2D eigenvalue weighted by Crippen LogP contribution is 2.66. The Balaban J connectivity index is 6.41. The van der Waals surface area contributed by atoms with Gasteiger partial charge < -0.3 is 10.2 Å². The number of aliphatic carboxylic acids is 2. The summed E-state index contributed by atoms with van der Waals surface area (Å²) < 4.78 is 457. The smallest absolute Gasteiger partial charge is 0.460 e. The fourth-order valence-electron chi connectivity index (χ4n) is 4.81. The second-order valence-corrected chi connectivity index (χ2v) is 13.4. The van der Waals surface area contributed by atoms with Gasteiger partial charge in [-0.25, -0.2) is 0 Å². The van der Waals surface area contributed by atoms with Crippen molar-refractivity contribution in [2.24, 2.45) is 11.8 Å². The van der Waals surface area contributed by atoms with E-state index in [1.165, 1.54) is 0 Å². The van der Waals surface area contributed by atoms with E-state index in [1.807, 2.05) is 0 Å². The lowest BCUT2D eigenvalue weighted by molar-refractivity contribution is -0.461. The zero-order chi connectivity index (χ0) is 53.3. The van der Waals surface area contributed by atoms with E-state index in [-0.39, 0.29) is 0 Å². The highest BCUT2D eigenvalue weighted by Gasteiger charge is 2.97.